The van der Waals surface area contributed by atoms with Crippen molar-refractivity contribution in [2.75, 3.05) is 23.9 Å². The molecule has 4 aromatic heterocycles. The minimum absolute atomic E-state index is 1.21. The van der Waals surface area contributed by atoms with Gasteiger partial charge in [-0.05, 0) is 105 Å². The van der Waals surface area contributed by atoms with Crippen LogP contribution in [0, 0.1) is 0 Å². The summed E-state index contributed by atoms with van der Waals surface area (Å²) in [5.41, 5.74) is 5.06. The van der Waals surface area contributed by atoms with Crippen LogP contribution in [-0.4, -0.2) is 14.1 Å². The first-order chi connectivity index (χ1) is 29.6. The van der Waals surface area contributed by atoms with Crippen LogP contribution in [0.3, 0.4) is 0 Å². The summed E-state index contributed by atoms with van der Waals surface area (Å²) in [7, 11) is 4.29. The predicted octanol–water partition coefficient (Wildman–Crippen LogP) is 17.3. The fraction of sp³-hybridized carbons (Fsp3) is 0.0370. The van der Waals surface area contributed by atoms with Crippen LogP contribution in [0.5, 0.6) is 0 Å². The van der Waals surface area contributed by atoms with E-state index >= 15 is 0 Å². The van der Waals surface area contributed by atoms with E-state index in [-0.39, 0.29) is 0 Å². The number of hydrogen-bond acceptors (Lipinski definition) is 6. The predicted molar refractivity (Wildman–Crippen MR) is 268 cm³/mol. The Labute approximate surface area is 367 Å². The van der Waals surface area contributed by atoms with E-state index < -0.39 is 0 Å². The highest BCUT2D eigenvalue weighted by atomic mass is 32.1. The number of rotatable bonds is 8. The van der Waals surface area contributed by atoms with Crippen LogP contribution >= 0.6 is 45.3 Å². The maximum Gasteiger partial charge on any atom is 0.0957 e. The molecule has 0 spiro atoms. The number of fused-ring (bicyclic) bond motifs is 3. The Morgan fingerprint density at radius 1 is 0.283 bits per heavy atom. The van der Waals surface area contributed by atoms with Gasteiger partial charge in [0.15, 0.2) is 0 Å². The molecule has 6 heteroatoms. The number of hydrogen-bond donors (Lipinski definition) is 0. The minimum atomic E-state index is 1.21. The summed E-state index contributed by atoms with van der Waals surface area (Å²) in [5.74, 6) is 0. The highest BCUT2D eigenvalue weighted by Crippen LogP contribution is 2.44. The molecule has 0 saturated carbocycles. The average Bonchev–Trinajstić information content (AvgIpc) is 4.16. The van der Waals surface area contributed by atoms with Crippen molar-refractivity contribution in [2.45, 2.75) is 0 Å². The fourth-order valence-corrected chi connectivity index (χ4v) is 12.0. The largest absolute Gasteiger partial charge is 0.336 e. The second kappa shape index (κ2) is 16.8. The molecule has 0 fully saturated rings. The molecule has 0 aliphatic carbocycles. The van der Waals surface area contributed by atoms with Crippen molar-refractivity contribution in [3.05, 3.63) is 206 Å². The lowest BCUT2D eigenvalue weighted by Crippen LogP contribution is -2.07. The van der Waals surface area contributed by atoms with Gasteiger partial charge in [0, 0.05) is 60.1 Å². The van der Waals surface area contributed by atoms with Crippen molar-refractivity contribution in [3.63, 3.8) is 0 Å². The van der Waals surface area contributed by atoms with Crippen LogP contribution in [0.15, 0.2) is 206 Å². The summed E-state index contributed by atoms with van der Waals surface area (Å²) in [4.78, 5) is 12.4. The van der Waals surface area contributed by atoms with Gasteiger partial charge in [0.05, 0.1) is 10.0 Å². The highest BCUT2D eigenvalue weighted by molar-refractivity contribution is 7.26. The van der Waals surface area contributed by atoms with E-state index in [9.17, 15) is 0 Å². The Balaban J connectivity index is 0.000000146. The zero-order valence-electron chi connectivity index (χ0n) is 33.2. The van der Waals surface area contributed by atoms with Gasteiger partial charge in [0.1, 0.15) is 0 Å². The Kier molecular flexibility index (Phi) is 10.6. The van der Waals surface area contributed by atoms with Crippen molar-refractivity contribution in [3.8, 4) is 40.4 Å². The summed E-state index contributed by atoms with van der Waals surface area (Å²) in [6.45, 7) is 0. The second-order valence-corrected chi connectivity index (χ2v) is 18.9. The molecule has 11 rings (SSSR count). The summed E-state index contributed by atoms with van der Waals surface area (Å²) < 4.78 is 0. The van der Waals surface area contributed by atoms with Gasteiger partial charge in [-0.25, -0.2) is 0 Å². The van der Waals surface area contributed by atoms with E-state index in [1.807, 2.05) is 45.3 Å². The summed E-state index contributed by atoms with van der Waals surface area (Å²) in [5, 5.41) is 10.2. The molecule has 2 nitrogen and oxygen atoms in total. The van der Waals surface area contributed by atoms with Crippen molar-refractivity contribution in [1.82, 2.24) is 0 Å². The van der Waals surface area contributed by atoms with E-state index in [0.29, 0.717) is 0 Å². The van der Waals surface area contributed by atoms with Gasteiger partial charge in [-0.1, -0.05) is 140 Å². The first-order valence-corrected chi connectivity index (χ1v) is 23.2. The van der Waals surface area contributed by atoms with Gasteiger partial charge < -0.3 is 9.80 Å². The summed E-state index contributed by atoms with van der Waals surface area (Å²) in [6.07, 6.45) is 0. The minimum Gasteiger partial charge on any atom is -0.336 e. The van der Waals surface area contributed by atoms with Crippen LogP contribution in [0.1, 0.15) is 0 Å². The Hall–Kier alpha value is -6.28. The smallest absolute Gasteiger partial charge is 0.0957 e. The van der Waals surface area contributed by atoms with E-state index in [0.717, 1.165) is 0 Å². The van der Waals surface area contributed by atoms with Crippen molar-refractivity contribution in [2.24, 2.45) is 0 Å². The van der Waals surface area contributed by atoms with Gasteiger partial charge in [0.2, 0.25) is 0 Å². The maximum absolute atomic E-state index is 2.30. The van der Waals surface area contributed by atoms with Crippen LogP contribution in [0.4, 0.5) is 21.4 Å². The van der Waals surface area contributed by atoms with Crippen LogP contribution < -0.4 is 9.80 Å². The van der Waals surface area contributed by atoms with Gasteiger partial charge in [-0.3, -0.25) is 0 Å². The van der Waals surface area contributed by atoms with Crippen LogP contribution in [-0.2, 0) is 0 Å². The third-order valence-electron chi connectivity index (χ3n) is 10.9. The molecular formula is C54H40N2S4. The molecule has 290 valence electrons. The molecular weight excluding hydrogens is 805 g/mol. The second-order valence-electron chi connectivity index (χ2n) is 14.6. The third-order valence-corrected chi connectivity index (χ3v) is 15.9. The molecule has 4 heterocycles. The van der Waals surface area contributed by atoms with E-state index in [2.05, 4.69) is 230 Å². The SMILES string of the molecule is CN(c1ccc(-c2ccc(-c3cccc4ccccc34)s2)s1)c1cccc2ccccc12.CN(c1ccccc1)c1ccc(-c2ccc(-c3cccc4ccccc34)s2)s1. The van der Waals surface area contributed by atoms with Crippen LogP contribution in [0.2, 0.25) is 0 Å². The van der Waals surface area contributed by atoms with E-state index in [1.54, 1.807) is 0 Å². The number of anilines is 4. The van der Waals surface area contributed by atoms with Gasteiger partial charge >= 0.3 is 0 Å². The summed E-state index contributed by atoms with van der Waals surface area (Å²) in [6, 6.07) is 73.9. The Morgan fingerprint density at radius 2 is 0.667 bits per heavy atom. The molecule has 0 aliphatic rings. The monoisotopic (exact) mass is 844 g/mol. The molecule has 0 unspecified atom stereocenters. The Morgan fingerprint density at radius 3 is 1.22 bits per heavy atom. The van der Waals surface area contributed by atoms with Gasteiger partial charge in [-0.15, -0.1) is 45.3 Å². The molecule has 11 aromatic rings. The zero-order chi connectivity index (χ0) is 40.4. The molecule has 0 amide bonds. The normalized spacial score (nSPS) is 11.2. The van der Waals surface area contributed by atoms with E-state index in [4.69, 9.17) is 0 Å². The lowest BCUT2D eigenvalue weighted by atomic mass is 10.0. The van der Waals surface area contributed by atoms with Crippen LogP contribution in [0.25, 0.3) is 72.7 Å². The van der Waals surface area contributed by atoms with Crippen molar-refractivity contribution >= 4 is 99.0 Å². The van der Waals surface area contributed by atoms with Crippen molar-refractivity contribution < 1.29 is 0 Å². The standard InChI is InChI=1S/C29H21NS2.C25H19NS2/c1-30(25-15-7-11-21-9-3-5-13-23(21)25)29-19-18-28(32-29)27-17-16-26(31-27)24-14-6-10-20-8-2-4-12-22(20)24;1-26(19-10-3-2-4-11-19)25-17-16-24(28-25)23-15-14-22(27-23)21-13-7-9-18-8-5-6-12-20(18)21/h2-19H,1H3;2-17H,1H3. The van der Waals surface area contributed by atoms with Crippen molar-refractivity contribution in [1.29, 1.82) is 0 Å². The first-order valence-electron chi connectivity index (χ1n) is 19.9. The molecule has 60 heavy (non-hydrogen) atoms. The first kappa shape index (κ1) is 38.0. The molecule has 0 aliphatic heterocycles. The molecule has 7 aromatic carbocycles. The van der Waals surface area contributed by atoms with E-state index in [1.165, 1.54) is 94.1 Å². The average molecular weight is 845 g/mol. The fourth-order valence-electron chi connectivity index (χ4n) is 7.79. The number of para-hydroxylation sites is 1. The third kappa shape index (κ3) is 7.55. The van der Waals surface area contributed by atoms with Gasteiger partial charge in [-0.2, -0.15) is 0 Å². The quantitative estimate of drug-likeness (QED) is 0.150. The molecule has 0 bridgehead atoms. The maximum atomic E-state index is 2.30. The highest BCUT2D eigenvalue weighted by Gasteiger charge is 2.15. The lowest BCUT2D eigenvalue weighted by molar-refractivity contribution is 1.24. The topological polar surface area (TPSA) is 6.48 Å². The number of nitrogens with zero attached hydrogens (tertiary/aromatic N) is 2. The molecule has 0 saturated heterocycles. The van der Waals surface area contributed by atoms with Gasteiger partial charge in [0.25, 0.3) is 0 Å². The molecule has 0 N–H and O–H groups in total. The number of benzene rings is 7. The molecule has 0 atom stereocenters. The zero-order valence-corrected chi connectivity index (χ0v) is 36.4. The molecule has 0 radical (unpaired) electrons. The Bertz CT molecular complexity index is 3210. The summed E-state index contributed by atoms with van der Waals surface area (Å²) >= 11 is 7.42. The number of thiophene rings is 4. The lowest BCUT2D eigenvalue weighted by Gasteiger charge is -2.19.